The van der Waals surface area contributed by atoms with Crippen molar-refractivity contribution in [1.29, 1.82) is 0 Å². The molecule has 1 aliphatic rings. The molecule has 4 N–H and O–H groups in total. The van der Waals surface area contributed by atoms with E-state index < -0.39 is 35.8 Å². The molecule has 0 aromatic carbocycles. The van der Waals surface area contributed by atoms with Crippen LogP contribution in [-0.4, -0.2) is 33.0 Å². The normalized spacial score (nSPS) is 28.5. The summed E-state index contributed by atoms with van der Waals surface area (Å²) in [6.07, 6.45) is -0.921. The highest BCUT2D eigenvalue weighted by atomic mass is 16.6. The van der Waals surface area contributed by atoms with Crippen LogP contribution in [0, 0.1) is 6.92 Å². The van der Waals surface area contributed by atoms with E-state index in [4.69, 9.17) is 10.6 Å². The van der Waals surface area contributed by atoms with E-state index in [0.717, 1.165) is 0 Å². The fraction of sp³-hybridized carbons (Fsp3) is 0.636. The summed E-state index contributed by atoms with van der Waals surface area (Å²) in [5, 5.41) is 9.89. The van der Waals surface area contributed by atoms with Gasteiger partial charge in [0.05, 0.1) is 6.10 Å². The molecule has 19 heavy (non-hydrogen) atoms. The summed E-state index contributed by atoms with van der Waals surface area (Å²) in [4.78, 5) is 29.8. The monoisotopic (exact) mass is 271 g/mol. The Morgan fingerprint density at radius 2 is 2.32 bits per heavy atom. The molecular formula is C11H17N3O5. The first-order valence-electron chi connectivity index (χ1n) is 5.95. The minimum atomic E-state index is -0.789. The summed E-state index contributed by atoms with van der Waals surface area (Å²) < 4.78 is 6.83. The lowest BCUT2D eigenvalue weighted by Crippen LogP contribution is -2.36. The molecule has 1 aromatic rings. The first kappa shape index (κ1) is 13.9. The molecule has 8 heteroatoms. The van der Waals surface area contributed by atoms with Crippen molar-refractivity contribution in [2.75, 3.05) is 0 Å². The standard InChI is InChI=1S/C11H17N3O5/c1-5-4-14(11(17)13-10(5)16)8-3-7(15)9(18-8)6(2)19-12/h4,6-9,15H,3,12H2,1-2H3,(H,13,16,17)/t6?,7-,8+,9+/m0/s1. The van der Waals surface area contributed by atoms with Crippen LogP contribution in [0.1, 0.15) is 25.1 Å². The van der Waals surface area contributed by atoms with Gasteiger partial charge in [-0.3, -0.25) is 19.2 Å². The van der Waals surface area contributed by atoms with Gasteiger partial charge < -0.3 is 9.84 Å². The smallest absolute Gasteiger partial charge is 0.330 e. The second kappa shape index (κ2) is 5.25. The zero-order chi connectivity index (χ0) is 14.2. The SMILES string of the molecule is Cc1cn([C@H]2C[C@H](O)[C@@H](C(C)ON)O2)c(=O)[nH]c1=O. The molecule has 1 unspecified atom stereocenters. The number of nitrogens with two attached hydrogens (primary N) is 1. The van der Waals surface area contributed by atoms with Crippen molar-refractivity contribution in [3.8, 4) is 0 Å². The van der Waals surface area contributed by atoms with Crippen LogP contribution in [0.2, 0.25) is 0 Å². The van der Waals surface area contributed by atoms with Gasteiger partial charge in [-0.1, -0.05) is 0 Å². The molecule has 1 aliphatic heterocycles. The molecule has 4 atom stereocenters. The molecule has 0 radical (unpaired) electrons. The van der Waals surface area contributed by atoms with Gasteiger partial charge >= 0.3 is 5.69 Å². The van der Waals surface area contributed by atoms with Crippen LogP contribution >= 0.6 is 0 Å². The number of aryl methyl sites for hydroxylation is 1. The minimum Gasteiger partial charge on any atom is -0.390 e. The second-order valence-corrected chi connectivity index (χ2v) is 4.68. The van der Waals surface area contributed by atoms with Crippen LogP contribution in [0.3, 0.4) is 0 Å². The van der Waals surface area contributed by atoms with E-state index in [9.17, 15) is 14.7 Å². The van der Waals surface area contributed by atoms with Crippen LogP contribution in [0.25, 0.3) is 0 Å². The third kappa shape index (κ3) is 2.61. The van der Waals surface area contributed by atoms with Crippen molar-refractivity contribution in [1.82, 2.24) is 9.55 Å². The third-order valence-corrected chi connectivity index (χ3v) is 3.27. The average molecular weight is 271 g/mol. The lowest BCUT2D eigenvalue weighted by Gasteiger charge is -2.20. The second-order valence-electron chi connectivity index (χ2n) is 4.68. The number of aromatic nitrogens is 2. The summed E-state index contributed by atoms with van der Waals surface area (Å²) in [5.74, 6) is 5.06. The minimum absolute atomic E-state index is 0.226. The highest BCUT2D eigenvalue weighted by Crippen LogP contribution is 2.29. The predicted octanol–water partition coefficient (Wildman–Crippen LogP) is -1.23. The number of aromatic amines is 1. The van der Waals surface area contributed by atoms with E-state index >= 15 is 0 Å². The molecule has 1 aromatic heterocycles. The molecule has 0 aliphatic carbocycles. The van der Waals surface area contributed by atoms with E-state index in [2.05, 4.69) is 9.82 Å². The Hall–Kier alpha value is -1.48. The maximum absolute atomic E-state index is 11.7. The molecule has 1 saturated heterocycles. The molecule has 2 heterocycles. The van der Waals surface area contributed by atoms with Crippen LogP contribution in [-0.2, 0) is 9.57 Å². The zero-order valence-corrected chi connectivity index (χ0v) is 10.7. The van der Waals surface area contributed by atoms with Gasteiger partial charge in [-0.2, -0.15) is 0 Å². The largest absolute Gasteiger partial charge is 0.390 e. The first-order chi connectivity index (χ1) is 8.93. The Kier molecular flexibility index (Phi) is 3.85. The van der Waals surface area contributed by atoms with Crippen molar-refractivity contribution in [3.05, 3.63) is 32.6 Å². The molecule has 0 bridgehead atoms. The van der Waals surface area contributed by atoms with Crippen molar-refractivity contribution in [2.45, 2.75) is 44.8 Å². The number of ether oxygens (including phenoxy) is 1. The van der Waals surface area contributed by atoms with E-state index in [0.29, 0.717) is 5.56 Å². The van der Waals surface area contributed by atoms with Crippen LogP contribution in [0.15, 0.2) is 15.8 Å². The van der Waals surface area contributed by atoms with Gasteiger partial charge in [0.15, 0.2) is 0 Å². The lowest BCUT2D eigenvalue weighted by molar-refractivity contribution is -0.102. The summed E-state index contributed by atoms with van der Waals surface area (Å²) in [7, 11) is 0. The topological polar surface area (TPSA) is 120 Å². The van der Waals surface area contributed by atoms with Gasteiger partial charge in [0.1, 0.15) is 18.4 Å². The molecule has 106 valence electrons. The Morgan fingerprint density at radius 3 is 2.95 bits per heavy atom. The molecule has 0 spiro atoms. The average Bonchev–Trinajstić information content (AvgIpc) is 2.75. The summed E-state index contributed by atoms with van der Waals surface area (Å²) in [6.45, 7) is 3.25. The Bertz CT molecular complexity index is 566. The van der Waals surface area contributed by atoms with Gasteiger partial charge in [-0.05, 0) is 13.8 Å². The van der Waals surface area contributed by atoms with Gasteiger partial charge in [0, 0.05) is 18.2 Å². The summed E-state index contributed by atoms with van der Waals surface area (Å²) >= 11 is 0. The molecule has 0 saturated carbocycles. The van der Waals surface area contributed by atoms with Gasteiger partial charge in [-0.25, -0.2) is 10.7 Å². The highest BCUT2D eigenvalue weighted by molar-refractivity contribution is 5.02. The molecule has 2 rings (SSSR count). The van der Waals surface area contributed by atoms with Gasteiger partial charge in [0.25, 0.3) is 5.56 Å². The van der Waals surface area contributed by atoms with E-state index in [-0.39, 0.29) is 6.42 Å². The first-order valence-corrected chi connectivity index (χ1v) is 5.95. The fourth-order valence-electron chi connectivity index (χ4n) is 2.15. The quantitative estimate of drug-likeness (QED) is 0.592. The predicted molar refractivity (Wildman–Crippen MR) is 65.3 cm³/mol. The molecule has 0 amide bonds. The molecule has 1 fully saturated rings. The van der Waals surface area contributed by atoms with Crippen LogP contribution in [0.5, 0.6) is 0 Å². The Balaban J connectivity index is 2.28. The fourth-order valence-corrected chi connectivity index (χ4v) is 2.15. The third-order valence-electron chi connectivity index (χ3n) is 3.27. The van der Waals surface area contributed by atoms with Crippen molar-refractivity contribution in [3.63, 3.8) is 0 Å². The number of rotatable bonds is 3. The van der Waals surface area contributed by atoms with E-state index in [1.807, 2.05) is 0 Å². The molecule has 8 nitrogen and oxygen atoms in total. The number of nitrogens with zero attached hydrogens (tertiary/aromatic N) is 1. The van der Waals surface area contributed by atoms with Crippen LogP contribution in [0.4, 0.5) is 0 Å². The van der Waals surface area contributed by atoms with Crippen molar-refractivity contribution in [2.24, 2.45) is 5.90 Å². The van der Waals surface area contributed by atoms with E-state index in [1.165, 1.54) is 10.8 Å². The number of aliphatic hydroxyl groups is 1. The highest BCUT2D eigenvalue weighted by Gasteiger charge is 2.39. The maximum Gasteiger partial charge on any atom is 0.330 e. The summed E-state index contributed by atoms with van der Waals surface area (Å²) in [5.41, 5.74) is -0.617. The lowest BCUT2D eigenvalue weighted by atomic mass is 10.1. The van der Waals surface area contributed by atoms with Gasteiger partial charge in [-0.15, -0.1) is 0 Å². The van der Waals surface area contributed by atoms with Crippen molar-refractivity contribution >= 4 is 0 Å². The number of hydrogen-bond donors (Lipinski definition) is 3. The zero-order valence-electron chi connectivity index (χ0n) is 10.7. The maximum atomic E-state index is 11.7. The number of nitrogens with one attached hydrogen (secondary N) is 1. The number of H-pyrrole nitrogens is 1. The Labute approximate surface area is 108 Å². The molecular weight excluding hydrogens is 254 g/mol. The van der Waals surface area contributed by atoms with Crippen LogP contribution < -0.4 is 17.1 Å². The van der Waals surface area contributed by atoms with E-state index in [1.54, 1.807) is 13.8 Å². The summed E-state index contributed by atoms with van der Waals surface area (Å²) in [6, 6.07) is 0. The number of hydrogen-bond acceptors (Lipinski definition) is 6. The Morgan fingerprint density at radius 1 is 1.63 bits per heavy atom. The number of aliphatic hydroxyl groups excluding tert-OH is 1. The van der Waals surface area contributed by atoms with Crippen molar-refractivity contribution < 1.29 is 14.7 Å². The van der Waals surface area contributed by atoms with Gasteiger partial charge in [0.2, 0.25) is 0 Å².